The van der Waals surface area contributed by atoms with Crippen molar-refractivity contribution in [1.82, 2.24) is 0 Å². The van der Waals surface area contributed by atoms with Crippen molar-refractivity contribution in [2.75, 3.05) is 13.2 Å². The van der Waals surface area contributed by atoms with E-state index in [1.807, 2.05) is 13.8 Å². The summed E-state index contributed by atoms with van der Waals surface area (Å²) < 4.78 is 14.0. The third-order valence-electron chi connectivity index (χ3n) is 2.20. The molecule has 1 rings (SSSR count). The summed E-state index contributed by atoms with van der Waals surface area (Å²) in [6, 6.07) is 4.30. The van der Waals surface area contributed by atoms with Gasteiger partial charge in [-0.2, -0.15) is 0 Å². The molecule has 0 spiro atoms. The van der Waals surface area contributed by atoms with Gasteiger partial charge in [0.2, 0.25) is 6.49 Å². The van der Waals surface area contributed by atoms with Gasteiger partial charge in [-0.15, -0.1) is 11.3 Å². The Balaban J connectivity index is 3.04. The Labute approximate surface area is 115 Å². The van der Waals surface area contributed by atoms with Crippen LogP contribution in [0, 0.1) is 0 Å². The first-order valence-electron chi connectivity index (χ1n) is 5.83. The third kappa shape index (κ3) is 3.98. The topological polar surface area (TPSA) is 18.5 Å². The molecule has 0 atom stereocenters. The second kappa shape index (κ2) is 6.09. The van der Waals surface area contributed by atoms with Crippen LogP contribution in [-0.4, -0.2) is 21.3 Å². The van der Waals surface area contributed by atoms with E-state index in [0.717, 1.165) is 4.62 Å². The highest BCUT2D eigenvalue weighted by Crippen LogP contribution is 2.48. The van der Waals surface area contributed by atoms with Crippen LogP contribution in [0.1, 0.15) is 13.8 Å². The van der Waals surface area contributed by atoms with Gasteiger partial charge in [-0.25, -0.2) is 0 Å². The fraction of sp³-hybridized carbons (Fsp3) is 0.636. The Morgan fingerprint density at radius 1 is 1.18 bits per heavy atom. The Bertz CT molecular complexity index is 402. The summed E-state index contributed by atoms with van der Waals surface area (Å²) in [6.07, 6.45) is 0. The van der Waals surface area contributed by atoms with Crippen LogP contribution in [0.25, 0.3) is 0 Å². The third-order valence-corrected chi connectivity index (χ3v) is 11.1. The Kier molecular flexibility index (Phi) is 5.57. The first kappa shape index (κ1) is 15.5. The minimum Gasteiger partial charge on any atom is -0.326 e. The second-order valence-corrected chi connectivity index (χ2v) is 14.9. The molecule has 0 aliphatic carbocycles. The summed E-state index contributed by atoms with van der Waals surface area (Å²) >= 11 is 7.38. The standard InChI is InChI=1S/C11H21O2PS2Si/c1-6-12-14(15,13-7-2)10-8-9-11(16-10)17(3,4)5/h8-9H,6-7H2,1-5H3. The van der Waals surface area contributed by atoms with Gasteiger partial charge in [0.25, 0.3) is 0 Å². The molecule has 0 fully saturated rings. The van der Waals surface area contributed by atoms with E-state index >= 15 is 0 Å². The fourth-order valence-electron chi connectivity index (χ4n) is 1.38. The van der Waals surface area contributed by atoms with Crippen LogP contribution >= 0.6 is 17.8 Å². The van der Waals surface area contributed by atoms with Gasteiger partial charge in [0.15, 0.2) is 0 Å². The van der Waals surface area contributed by atoms with Gasteiger partial charge in [0, 0.05) is 0 Å². The second-order valence-electron chi connectivity index (χ2n) is 4.72. The molecule has 1 aromatic rings. The lowest BCUT2D eigenvalue weighted by Crippen LogP contribution is -2.35. The molecular weight excluding hydrogens is 287 g/mol. The van der Waals surface area contributed by atoms with Gasteiger partial charge in [0.05, 0.1) is 25.9 Å². The summed E-state index contributed by atoms with van der Waals surface area (Å²) in [5, 5.41) is 0. The molecule has 17 heavy (non-hydrogen) atoms. The van der Waals surface area contributed by atoms with Crippen molar-refractivity contribution >= 4 is 46.8 Å². The van der Waals surface area contributed by atoms with Crippen LogP contribution in [-0.2, 0) is 20.9 Å². The lowest BCUT2D eigenvalue weighted by atomic mass is 10.7. The molecule has 2 nitrogen and oxygen atoms in total. The van der Waals surface area contributed by atoms with Gasteiger partial charge in [-0.1, -0.05) is 25.7 Å². The van der Waals surface area contributed by atoms with E-state index < -0.39 is 14.6 Å². The van der Waals surface area contributed by atoms with Gasteiger partial charge >= 0.3 is 0 Å². The molecule has 1 aromatic heterocycles. The first-order valence-corrected chi connectivity index (χ1v) is 12.8. The summed E-state index contributed by atoms with van der Waals surface area (Å²) in [5.74, 6) is 0. The highest BCUT2D eigenvalue weighted by molar-refractivity contribution is 8.15. The molecule has 0 aromatic carbocycles. The van der Waals surface area contributed by atoms with E-state index in [4.69, 9.17) is 20.9 Å². The van der Waals surface area contributed by atoms with E-state index in [2.05, 4.69) is 31.8 Å². The molecule has 0 aliphatic heterocycles. The van der Waals surface area contributed by atoms with Crippen LogP contribution in [0.3, 0.4) is 0 Å². The molecular formula is C11H21O2PS2Si. The van der Waals surface area contributed by atoms with E-state index in [0.29, 0.717) is 13.2 Å². The van der Waals surface area contributed by atoms with Gasteiger partial charge in [-0.05, 0) is 36.2 Å². The maximum atomic E-state index is 5.71. The largest absolute Gasteiger partial charge is 0.326 e. The molecule has 98 valence electrons. The molecule has 0 aliphatic rings. The molecule has 0 saturated carbocycles. The Morgan fingerprint density at radius 3 is 2.06 bits per heavy atom. The summed E-state index contributed by atoms with van der Waals surface area (Å²) in [5.41, 5.74) is 0. The molecule has 0 amide bonds. The Hall–Kier alpha value is 0.487. The summed E-state index contributed by atoms with van der Waals surface area (Å²) in [7, 11) is -1.26. The Morgan fingerprint density at radius 2 is 1.71 bits per heavy atom. The maximum Gasteiger partial charge on any atom is 0.229 e. The van der Waals surface area contributed by atoms with Crippen LogP contribution < -0.4 is 9.12 Å². The van der Waals surface area contributed by atoms with Crippen molar-refractivity contribution in [2.24, 2.45) is 0 Å². The number of hydrogen-bond donors (Lipinski definition) is 0. The monoisotopic (exact) mass is 308 g/mol. The predicted octanol–water partition coefficient (Wildman–Crippen LogP) is 3.30. The van der Waals surface area contributed by atoms with Crippen molar-refractivity contribution in [1.29, 1.82) is 0 Å². The average Bonchev–Trinajstić information content (AvgIpc) is 2.66. The normalized spacial score (nSPS) is 13.0. The predicted molar refractivity (Wildman–Crippen MR) is 84.5 cm³/mol. The quantitative estimate of drug-likeness (QED) is 0.593. The average molecular weight is 308 g/mol. The summed E-state index contributed by atoms with van der Waals surface area (Å²) in [6.45, 7) is 9.92. The van der Waals surface area contributed by atoms with Crippen molar-refractivity contribution in [3.63, 3.8) is 0 Å². The summed E-state index contributed by atoms with van der Waals surface area (Å²) in [4.78, 5) is 0. The van der Waals surface area contributed by atoms with Crippen molar-refractivity contribution in [2.45, 2.75) is 33.5 Å². The number of rotatable bonds is 6. The lowest BCUT2D eigenvalue weighted by Gasteiger charge is -2.19. The molecule has 0 unspecified atom stereocenters. The van der Waals surface area contributed by atoms with Crippen molar-refractivity contribution in [3.8, 4) is 0 Å². The molecule has 0 bridgehead atoms. The zero-order valence-electron chi connectivity index (χ0n) is 11.1. The molecule has 6 heteroatoms. The van der Waals surface area contributed by atoms with Crippen LogP contribution in [0.2, 0.25) is 19.6 Å². The first-order chi connectivity index (χ1) is 7.83. The van der Waals surface area contributed by atoms with E-state index in [1.54, 1.807) is 11.3 Å². The zero-order valence-corrected chi connectivity index (χ0v) is 14.7. The van der Waals surface area contributed by atoms with Gasteiger partial charge < -0.3 is 9.05 Å². The van der Waals surface area contributed by atoms with E-state index in [-0.39, 0.29) is 0 Å². The van der Waals surface area contributed by atoms with Crippen molar-refractivity contribution in [3.05, 3.63) is 12.1 Å². The number of thiophene rings is 1. The maximum absolute atomic E-state index is 5.71. The minimum atomic E-state index is -2.25. The number of hydrogen-bond acceptors (Lipinski definition) is 4. The van der Waals surface area contributed by atoms with Gasteiger partial charge in [0.1, 0.15) is 0 Å². The molecule has 0 radical (unpaired) electrons. The van der Waals surface area contributed by atoms with E-state index in [9.17, 15) is 0 Å². The molecule has 0 N–H and O–H groups in total. The smallest absolute Gasteiger partial charge is 0.229 e. The van der Waals surface area contributed by atoms with Crippen LogP contribution in [0.15, 0.2) is 12.1 Å². The zero-order chi connectivity index (χ0) is 13.1. The lowest BCUT2D eigenvalue weighted by molar-refractivity contribution is 0.275. The van der Waals surface area contributed by atoms with Gasteiger partial charge in [-0.3, -0.25) is 0 Å². The fourth-order valence-corrected chi connectivity index (χ4v) is 7.75. The SMILES string of the molecule is CCOP(=S)(OCC)c1ccc([Si](C)(C)C)s1. The highest BCUT2D eigenvalue weighted by Gasteiger charge is 2.26. The van der Waals surface area contributed by atoms with E-state index in [1.165, 1.54) is 4.50 Å². The minimum absolute atomic E-state index is 0.609. The molecule has 0 saturated heterocycles. The van der Waals surface area contributed by atoms with Crippen molar-refractivity contribution < 1.29 is 9.05 Å². The highest BCUT2D eigenvalue weighted by atomic mass is 32.5. The molecule has 1 heterocycles. The van der Waals surface area contributed by atoms with Crippen LogP contribution in [0.4, 0.5) is 0 Å². The van der Waals surface area contributed by atoms with Crippen LogP contribution in [0.5, 0.6) is 0 Å².